The molecule has 0 saturated carbocycles. The van der Waals surface area contributed by atoms with E-state index in [9.17, 15) is 9.59 Å². The summed E-state index contributed by atoms with van der Waals surface area (Å²) >= 11 is 3.35. The zero-order valence-corrected chi connectivity index (χ0v) is 15.2. The van der Waals surface area contributed by atoms with Crippen LogP contribution < -0.4 is 10.3 Å². The van der Waals surface area contributed by atoms with Gasteiger partial charge in [0.05, 0.1) is 10.7 Å². The molecule has 122 valence electrons. The molecule has 1 amide bonds. The van der Waals surface area contributed by atoms with E-state index in [4.69, 9.17) is 4.74 Å². The molecular formula is C17H19BrN2O3. The Hall–Kier alpha value is -2.08. The van der Waals surface area contributed by atoms with Gasteiger partial charge in [0.25, 0.3) is 5.56 Å². The van der Waals surface area contributed by atoms with Gasteiger partial charge in [-0.05, 0) is 40.9 Å². The molecule has 0 bridgehead atoms. The fourth-order valence-electron chi connectivity index (χ4n) is 2.09. The molecule has 5 nitrogen and oxygen atoms in total. The number of rotatable bonds is 4. The number of para-hydroxylation sites is 1. The Bertz CT molecular complexity index is 777. The van der Waals surface area contributed by atoms with Gasteiger partial charge in [0.2, 0.25) is 5.91 Å². The number of ether oxygens (including phenoxy) is 1. The van der Waals surface area contributed by atoms with Gasteiger partial charge in [0.15, 0.2) is 5.75 Å². The van der Waals surface area contributed by atoms with E-state index in [0.29, 0.717) is 10.2 Å². The SMILES string of the molecule is Cc1cccc(C)c1Oc1cn(CC(=O)N(C)C)c(=O)cc1Br. The average Bonchev–Trinajstić information content (AvgIpc) is 2.47. The molecule has 0 N–H and O–H groups in total. The Labute approximate surface area is 143 Å². The highest BCUT2D eigenvalue weighted by atomic mass is 79.9. The summed E-state index contributed by atoms with van der Waals surface area (Å²) in [6.07, 6.45) is 1.56. The average molecular weight is 379 g/mol. The van der Waals surface area contributed by atoms with Crippen LogP contribution in [0.1, 0.15) is 11.1 Å². The molecule has 0 spiro atoms. The van der Waals surface area contributed by atoms with Crippen molar-refractivity contribution in [2.45, 2.75) is 20.4 Å². The molecule has 23 heavy (non-hydrogen) atoms. The van der Waals surface area contributed by atoms with Crippen molar-refractivity contribution in [2.75, 3.05) is 14.1 Å². The zero-order chi connectivity index (χ0) is 17.1. The maximum atomic E-state index is 12.0. The highest BCUT2D eigenvalue weighted by molar-refractivity contribution is 9.10. The van der Waals surface area contributed by atoms with Gasteiger partial charge in [0.1, 0.15) is 12.3 Å². The van der Waals surface area contributed by atoms with Gasteiger partial charge in [-0.15, -0.1) is 0 Å². The standard InChI is InChI=1S/C17H19BrN2O3/c1-11-6-5-7-12(2)17(11)23-14-9-20(10-16(22)19(3)4)15(21)8-13(14)18/h5-9H,10H2,1-4H3. The minimum absolute atomic E-state index is 0.0256. The molecular weight excluding hydrogens is 360 g/mol. The number of pyridine rings is 1. The van der Waals surface area contributed by atoms with Crippen molar-refractivity contribution in [3.05, 3.63) is 56.4 Å². The molecule has 1 aromatic heterocycles. The van der Waals surface area contributed by atoms with E-state index in [1.54, 1.807) is 20.3 Å². The van der Waals surface area contributed by atoms with Crippen LogP contribution in [0.15, 0.2) is 39.7 Å². The van der Waals surface area contributed by atoms with Crippen LogP contribution in [0.4, 0.5) is 0 Å². The van der Waals surface area contributed by atoms with Crippen molar-refractivity contribution in [3.63, 3.8) is 0 Å². The smallest absolute Gasteiger partial charge is 0.252 e. The first-order valence-corrected chi connectivity index (χ1v) is 7.93. The minimum atomic E-state index is -0.263. The number of likely N-dealkylation sites (N-methyl/N-ethyl adjacent to an activating group) is 1. The molecule has 1 heterocycles. The molecule has 0 unspecified atom stereocenters. The van der Waals surface area contributed by atoms with Gasteiger partial charge in [0, 0.05) is 20.2 Å². The van der Waals surface area contributed by atoms with Crippen LogP contribution in [0.2, 0.25) is 0 Å². The van der Waals surface area contributed by atoms with Crippen molar-refractivity contribution >= 4 is 21.8 Å². The summed E-state index contributed by atoms with van der Waals surface area (Å²) in [5, 5.41) is 0. The van der Waals surface area contributed by atoms with Crippen molar-refractivity contribution in [1.82, 2.24) is 9.47 Å². The Morgan fingerprint density at radius 1 is 1.26 bits per heavy atom. The van der Waals surface area contributed by atoms with Gasteiger partial charge < -0.3 is 14.2 Å². The number of aryl methyl sites for hydroxylation is 2. The van der Waals surface area contributed by atoms with E-state index in [1.807, 2.05) is 32.0 Å². The minimum Gasteiger partial charge on any atom is -0.454 e. The van der Waals surface area contributed by atoms with Crippen LogP contribution in [0, 0.1) is 13.8 Å². The third-order valence-electron chi connectivity index (χ3n) is 3.47. The first-order chi connectivity index (χ1) is 10.8. The van der Waals surface area contributed by atoms with Crippen molar-refractivity contribution in [1.29, 1.82) is 0 Å². The molecule has 0 saturated heterocycles. The van der Waals surface area contributed by atoms with E-state index >= 15 is 0 Å². The van der Waals surface area contributed by atoms with Crippen LogP contribution >= 0.6 is 15.9 Å². The Kier molecular flexibility index (Phi) is 5.26. The third-order valence-corrected chi connectivity index (χ3v) is 4.09. The number of carbonyl (C=O) groups excluding carboxylic acids is 1. The van der Waals surface area contributed by atoms with Gasteiger partial charge in [-0.1, -0.05) is 18.2 Å². The molecule has 1 aromatic carbocycles. The molecule has 0 aliphatic rings. The lowest BCUT2D eigenvalue weighted by Gasteiger charge is -2.15. The summed E-state index contributed by atoms with van der Waals surface area (Å²) in [7, 11) is 3.31. The van der Waals surface area contributed by atoms with Crippen molar-refractivity contribution in [3.8, 4) is 11.5 Å². The Morgan fingerprint density at radius 3 is 2.43 bits per heavy atom. The fourth-order valence-corrected chi connectivity index (χ4v) is 2.46. The lowest BCUT2D eigenvalue weighted by Crippen LogP contribution is -2.31. The highest BCUT2D eigenvalue weighted by Gasteiger charge is 2.13. The molecule has 0 radical (unpaired) electrons. The van der Waals surface area contributed by atoms with E-state index in [0.717, 1.165) is 16.9 Å². The normalized spacial score (nSPS) is 10.5. The predicted molar refractivity (Wildman–Crippen MR) is 93.1 cm³/mol. The molecule has 0 fully saturated rings. The number of amides is 1. The molecule has 6 heteroatoms. The van der Waals surface area contributed by atoms with Crippen LogP contribution in [0.25, 0.3) is 0 Å². The number of hydrogen-bond acceptors (Lipinski definition) is 3. The topological polar surface area (TPSA) is 51.5 Å². The van der Waals surface area contributed by atoms with Crippen LogP contribution in [-0.4, -0.2) is 29.5 Å². The second-order valence-electron chi connectivity index (χ2n) is 5.56. The lowest BCUT2D eigenvalue weighted by atomic mass is 10.1. The second-order valence-corrected chi connectivity index (χ2v) is 6.42. The monoisotopic (exact) mass is 378 g/mol. The summed E-state index contributed by atoms with van der Waals surface area (Å²) in [6, 6.07) is 7.29. The quantitative estimate of drug-likeness (QED) is 0.821. The summed E-state index contributed by atoms with van der Waals surface area (Å²) in [6.45, 7) is 3.89. The first-order valence-electron chi connectivity index (χ1n) is 7.14. The third kappa shape index (κ3) is 4.01. The van der Waals surface area contributed by atoms with Crippen LogP contribution in [-0.2, 0) is 11.3 Å². The van der Waals surface area contributed by atoms with E-state index in [2.05, 4.69) is 15.9 Å². The predicted octanol–water partition coefficient (Wildman–Crippen LogP) is 3.11. The zero-order valence-electron chi connectivity index (χ0n) is 13.6. The molecule has 0 aliphatic heterocycles. The lowest BCUT2D eigenvalue weighted by molar-refractivity contribution is -0.129. The number of hydrogen-bond donors (Lipinski definition) is 0. The van der Waals surface area contributed by atoms with Gasteiger partial charge in [-0.25, -0.2) is 0 Å². The van der Waals surface area contributed by atoms with E-state index in [-0.39, 0.29) is 18.0 Å². The maximum absolute atomic E-state index is 12.0. The number of halogens is 1. The van der Waals surface area contributed by atoms with Gasteiger partial charge >= 0.3 is 0 Å². The summed E-state index contributed by atoms with van der Waals surface area (Å²) < 4.78 is 7.87. The van der Waals surface area contributed by atoms with Gasteiger partial charge in [-0.3, -0.25) is 9.59 Å². The molecule has 0 aliphatic carbocycles. The van der Waals surface area contributed by atoms with Crippen LogP contribution in [0.3, 0.4) is 0 Å². The van der Waals surface area contributed by atoms with E-state index < -0.39 is 0 Å². The Balaban J connectivity index is 2.40. The number of nitrogens with zero attached hydrogens (tertiary/aromatic N) is 2. The summed E-state index contributed by atoms with van der Waals surface area (Å²) in [4.78, 5) is 25.3. The number of carbonyl (C=O) groups is 1. The Morgan fingerprint density at radius 2 is 1.87 bits per heavy atom. The van der Waals surface area contributed by atoms with E-state index in [1.165, 1.54) is 15.5 Å². The van der Waals surface area contributed by atoms with Crippen molar-refractivity contribution < 1.29 is 9.53 Å². The van der Waals surface area contributed by atoms with Gasteiger partial charge in [-0.2, -0.15) is 0 Å². The number of benzene rings is 1. The molecule has 2 aromatic rings. The molecule has 2 rings (SSSR count). The highest BCUT2D eigenvalue weighted by Crippen LogP contribution is 2.32. The van der Waals surface area contributed by atoms with Crippen molar-refractivity contribution in [2.24, 2.45) is 0 Å². The fraction of sp³-hybridized carbons (Fsp3) is 0.294. The maximum Gasteiger partial charge on any atom is 0.252 e. The first kappa shape index (κ1) is 17.3. The summed E-state index contributed by atoms with van der Waals surface area (Å²) in [5.41, 5.74) is 1.74. The largest absolute Gasteiger partial charge is 0.454 e. The molecule has 0 atom stereocenters. The summed E-state index contributed by atoms with van der Waals surface area (Å²) in [5.74, 6) is 1.08. The van der Waals surface area contributed by atoms with Crippen LogP contribution in [0.5, 0.6) is 11.5 Å². The number of aromatic nitrogens is 1. The second kappa shape index (κ2) is 7.00.